The predicted molar refractivity (Wildman–Crippen MR) is 179 cm³/mol. The first-order chi connectivity index (χ1) is 22.2. The molecule has 232 valence electrons. The quantitative estimate of drug-likeness (QED) is 0.208. The molecule has 2 aromatic heterocycles. The highest BCUT2D eigenvalue weighted by Gasteiger charge is 2.35. The molecule has 3 aromatic carbocycles. The van der Waals surface area contributed by atoms with E-state index >= 15 is 0 Å². The third-order valence-corrected chi connectivity index (χ3v) is 9.08. The maximum Gasteiger partial charge on any atom is 0.338 e. The minimum Gasteiger partial charge on any atom is -0.465 e. The van der Waals surface area contributed by atoms with Gasteiger partial charge in [-0.2, -0.15) is 0 Å². The lowest BCUT2D eigenvalue weighted by molar-refractivity contribution is -0.138. The molecule has 46 heavy (non-hydrogen) atoms. The van der Waals surface area contributed by atoms with Crippen molar-refractivity contribution >= 4 is 46.6 Å². The molecule has 5 aromatic rings. The van der Waals surface area contributed by atoms with Crippen LogP contribution < -0.4 is 14.9 Å². The second-order valence-corrected chi connectivity index (χ2v) is 12.1. The van der Waals surface area contributed by atoms with E-state index in [2.05, 4.69) is 0 Å². The van der Waals surface area contributed by atoms with Crippen molar-refractivity contribution in [1.82, 2.24) is 9.13 Å². The van der Waals surface area contributed by atoms with Crippen molar-refractivity contribution in [2.75, 3.05) is 13.7 Å². The summed E-state index contributed by atoms with van der Waals surface area (Å²) in [5.74, 6) is -0.963. The zero-order valence-electron chi connectivity index (χ0n) is 25.6. The highest BCUT2D eigenvalue weighted by Crippen LogP contribution is 2.35. The van der Waals surface area contributed by atoms with E-state index < -0.39 is 18.0 Å². The van der Waals surface area contributed by atoms with Crippen molar-refractivity contribution in [3.05, 3.63) is 149 Å². The lowest BCUT2D eigenvalue weighted by atomic mass is 9.93. The minimum atomic E-state index is -0.793. The van der Waals surface area contributed by atoms with E-state index in [1.165, 1.54) is 18.4 Å². The molecule has 0 N–H and O–H groups in total. The molecule has 3 heterocycles. The summed E-state index contributed by atoms with van der Waals surface area (Å²) < 4.78 is 14.5. The van der Waals surface area contributed by atoms with E-state index in [1.54, 1.807) is 41.8 Å². The molecule has 1 aliphatic heterocycles. The smallest absolute Gasteiger partial charge is 0.338 e. The molecule has 0 unspecified atom stereocenters. The molecule has 10 heteroatoms. The van der Waals surface area contributed by atoms with Crippen LogP contribution in [0.5, 0.6) is 0 Å². The van der Waals surface area contributed by atoms with Crippen LogP contribution in [0.15, 0.2) is 100 Å². The van der Waals surface area contributed by atoms with Gasteiger partial charge in [-0.3, -0.25) is 9.36 Å². The Morgan fingerprint density at radius 1 is 0.978 bits per heavy atom. The van der Waals surface area contributed by atoms with Crippen molar-refractivity contribution in [1.29, 1.82) is 0 Å². The van der Waals surface area contributed by atoms with E-state index in [4.69, 9.17) is 26.1 Å². The van der Waals surface area contributed by atoms with Crippen LogP contribution in [0, 0.1) is 13.8 Å². The molecular formula is C36H30ClN3O5S. The maximum atomic E-state index is 14.3. The number of methoxy groups -OCH3 is 1. The number of hydrogen-bond donors (Lipinski definition) is 0. The zero-order valence-corrected chi connectivity index (χ0v) is 27.2. The van der Waals surface area contributed by atoms with Gasteiger partial charge in [0.25, 0.3) is 5.56 Å². The summed E-state index contributed by atoms with van der Waals surface area (Å²) in [5.41, 5.74) is 5.77. The van der Waals surface area contributed by atoms with Gasteiger partial charge >= 0.3 is 11.9 Å². The van der Waals surface area contributed by atoms with Crippen molar-refractivity contribution in [2.24, 2.45) is 4.99 Å². The second-order valence-electron chi connectivity index (χ2n) is 10.7. The summed E-state index contributed by atoms with van der Waals surface area (Å²) in [6.45, 7) is 5.84. The van der Waals surface area contributed by atoms with Crippen LogP contribution in [0.25, 0.3) is 17.5 Å². The van der Waals surface area contributed by atoms with Crippen molar-refractivity contribution in [3.63, 3.8) is 0 Å². The van der Waals surface area contributed by atoms with Crippen molar-refractivity contribution in [2.45, 2.75) is 26.8 Å². The Bertz CT molecular complexity index is 2190. The zero-order chi connectivity index (χ0) is 32.5. The average molecular weight is 652 g/mol. The van der Waals surface area contributed by atoms with Gasteiger partial charge in [0.1, 0.15) is 0 Å². The van der Waals surface area contributed by atoms with Crippen LogP contribution in [-0.2, 0) is 14.3 Å². The largest absolute Gasteiger partial charge is 0.465 e. The average Bonchev–Trinajstić information content (AvgIpc) is 3.53. The minimum absolute atomic E-state index is 0.167. The molecule has 8 nitrogen and oxygen atoms in total. The molecule has 0 aliphatic carbocycles. The molecule has 1 atom stereocenters. The van der Waals surface area contributed by atoms with E-state index in [-0.39, 0.29) is 17.7 Å². The Balaban J connectivity index is 1.57. The standard InChI is InChI=1S/C36H30ClN3O5S/c1-5-45-35(43)30-31(23-10-7-6-8-11-23)38-36-40(32(30)24-14-16-27(37)17-15-24)33(41)29(46-36)20-26-18-21(2)39(22(26)3)28-13-9-12-25(19-28)34(42)44-4/h6-20,32H,5H2,1-4H3/b29-20+/t32-/m1/s1. The molecule has 0 bridgehead atoms. The van der Waals surface area contributed by atoms with E-state index in [0.29, 0.717) is 31.2 Å². The van der Waals surface area contributed by atoms with Gasteiger partial charge in [0, 0.05) is 27.7 Å². The van der Waals surface area contributed by atoms with Gasteiger partial charge < -0.3 is 14.0 Å². The lowest BCUT2D eigenvalue weighted by Crippen LogP contribution is -2.40. The normalized spacial score (nSPS) is 14.5. The maximum absolute atomic E-state index is 14.3. The van der Waals surface area contributed by atoms with Crippen molar-refractivity contribution < 1.29 is 19.1 Å². The van der Waals surface area contributed by atoms with E-state index in [0.717, 1.165) is 28.2 Å². The number of aryl methyl sites for hydroxylation is 1. The first-order valence-electron chi connectivity index (χ1n) is 14.6. The highest BCUT2D eigenvalue weighted by molar-refractivity contribution is 7.07. The first kappa shape index (κ1) is 31.0. The van der Waals surface area contributed by atoms with Crippen LogP contribution in [0.3, 0.4) is 0 Å². The number of esters is 2. The Hall–Kier alpha value is -4.99. The molecule has 1 aliphatic rings. The predicted octanol–water partition coefficient (Wildman–Crippen LogP) is 5.78. The third kappa shape index (κ3) is 5.63. The molecule has 0 amide bonds. The Morgan fingerprint density at radius 3 is 2.41 bits per heavy atom. The number of thiazole rings is 1. The molecule has 0 spiro atoms. The number of nitrogens with zero attached hydrogens (tertiary/aromatic N) is 3. The Kier molecular flexibility index (Phi) is 8.62. The number of carbonyl (C=O) groups excluding carboxylic acids is 2. The fraction of sp³-hybridized carbons (Fsp3) is 0.167. The lowest BCUT2D eigenvalue weighted by Gasteiger charge is -2.25. The Morgan fingerprint density at radius 2 is 1.72 bits per heavy atom. The van der Waals surface area contributed by atoms with Crippen LogP contribution >= 0.6 is 22.9 Å². The highest BCUT2D eigenvalue weighted by atomic mass is 35.5. The van der Waals surface area contributed by atoms with Crippen LogP contribution in [0.2, 0.25) is 5.02 Å². The number of benzene rings is 3. The van der Waals surface area contributed by atoms with Gasteiger partial charge in [0.15, 0.2) is 4.80 Å². The van der Waals surface area contributed by atoms with Crippen molar-refractivity contribution in [3.8, 4) is 5.69 Å². The molecule has 0 saturated carbocycles. The topological polar surface area (TPSA) is 91.9 Å². The van der Waals surface area contributed by atoms with Gasteiger partial charge in [-0.25, -0.2) is 14.6 Å². The van der Waals surface area contributed by atoms with Crippen LogP contribution in [-0.4, -0.2) is 34.8 Å². The molecule has 0 saturated heterocycles. The number of fused-ring (bicyclic) bond motifs is 1. The number of aromatic nitrogens is 2. The molecular weight excluding hydrogens is 622 g/mol. The molecule has 0 fully saturated rings. The number of ether oxygens (including phenoxy) is 2. The molecule has 0 radical (unpaired) electrons. The SMILES string of the molecule is CCOC(=O)C1=C(c2ccccc2)N=c2s/c(=C/c3cc(C)n(-c4cccc(C(=O)OC)c4)c3C)c(=O)n2[C@@H]1c1ccc(Cl)cc1. The number of hydrogen-bond acceptors (Lipinski definition) is 7. The number of rotatable bonds is 7. The summed E-state index contributed by atoms with van der Waals surface area (Å²) in [6, 6.07) is 24.9. The fourth-order valence-corrected chi connectivity index (χ4v) is 6.88. The van der Waals surface area contributed by atoms with Gasteiger partial charge in [-0.15, -0.1) is 0 Å². The van der Waals surface area contributed by atoms with Gasteiger partial charge in [0.2, 0.25) is 0 Å². The summed E-state index contributed by atoms with van der Waals surface area (Å²) >= 11 is 7.49. The third-order valence-electron chi connectivity index (χ3n) is 7.84. The van der Waals surface area contributed by atoms with E-state index in [1.807, 2.05) is 79.1 Å². The second kappa shape index (κ2) is 12.8. The number of carbonyl (C=O) groups is 2. The monoisotopic (exact) mass is 651 g/mol. The summed E-state index contributed by atoms with van der Waals surface area (Å²) in [4.78, 5) is 45.5. The summed E-state index contributed by atoms with van der Waals surface area (Å²) in [6.07, 6.45) is 1.85. The van der Waals surface area contributed by atoms with E-state index in [9.17, 15) is 14.4 Å². The first-order valence-corrected chi connectivity index (χ1v) is 15.8. The van der Waals surface area contributed by atoms with Gasteiger partial charge in [-0.05, 0) is 74.4 Å². The van der Waals surface area contributed by atoms with Gasteiger partial charge in [0.05, 0.1) is 41.1 Å². The van der Waals surface area contributed by atoms with Crippen LogP contribution in [0.4, 0.5) is 0 Å². The van der Waals surface area contributed by atoms with Gasteiger partial charge in [-0.1, -0.05) is 71.5 Å². The Labute approximate surface area is 274 Å². The summed E-state index contributed by atoms with van der Waals surface area (Å²) in [5, 5.41) is 0.536. The van der Waals surface area contributed by atoms with Crippen LogP contribution in [0.1, 0.15) is 51.4 Å². The summed E-state index contributed by atoms with van der Waals surface area (Å²) in [7, 11) is 1.35. The fourth-order valence-electron chi connectivity index (χ4n) is 5.76. The molecule has 6 rings (SSSR count). The number of halogens is 1.